The Morgan fingerprint density at radius 2 is 1.66 bits per heavy atom. The summed E-state index contributed by atoms with van der Waals surface area (Å²) in [6, 6.07) is 14.3. The van der Waals surface area contributed by atoms with E-state index in [1.54, 1.807) is 49.4 Å². The van der Waals surface area contributed by atoms with Crippen molar-refractivity contribution in [3.8, 4) is 0 Å². The number of hydrogen-bond acceptors (Lipinski definition) is 6. The van der Waals surface area contributed by atoms with Crippen LogP contribution in [0.4, 0.5) is 11.4 Å². The predicted octanol–water partition coefficient (Wildman–Crippen LogP) is 3.00. The summed E-state index contributed by atoms with van der Waals surface area (Å²) < 4.78 is 9.56. The van der Waals surface area contributed by atoms with E-state index in [1.165, 1.54) is 25.5 Å². The van der Waals surface area contributed by atoms with Crippen LogP contribution in [0.1, 0.15) is 36.8 Å². The van der Waals surface area contributed by atoms with Gasteiger partial charge >= 0.3 is 5.97 Å². The molecule has 0 bridgehead atoms. The van der Waals surface area contributed by atoms with E-state index in [1.807, 2.05) is 0 Å². The summed E-state index contributed by atoms with van der Waals surface area (Å²) in [6.07, 6.45) is 1.40. The highest BCUT2D eigenvalue weighted by atomic mass is 16.5. The molecule has 32 heavy (non-hydrogen) atoms. The van der Waals surface area contributed by atoms with Crippen molar-refractivity contribution in [1.82, 2.24) is 5.32 Å². The molecular formula is C23H21N3O6. The number of esters is 1. The molecule has 164 valence electrons. The molecule has 0 aliphatic rings. The van der Waals surface area contributed by atoms with Crippen LogP contribution in [-0.2, 0) is 9.53 Å². The second-order valence-corrected chi connectivity index (χ2v) is 6.75. The zero-order valence-corrected chi connectivity index (χ0v) is 17.4. The summed E-state index contributed by atoms with van der Waals surface area (Å²) >= 11 is 0. The van der Waals surface area contributed by atoms with Gasteiger partial charge in [0.25, 0.3) is 17.7 Å². The fourth-order valence-electron chi connectivity index (χ4n) is 2.76. The molecule has 2 aromatic carbocycles. The molecule has 1 heterocycles. The molecule has 9 heteroatoms. The number of benzene rings is 2. The molecule has 9 nitrogen and oxygen atoms in total. The van der Waals surface area contributed by atoms with Crippen LogP contribution in [-0.4, -0.2) is 37.3 Å². The van der Waals surface area contributed by atoms with E-state index in [0.29, 0.717) is 16.9 Å². The van der Waals surface area contributed by atoms with Crippen LogP contribution in [0.15, 0.2) is 65.3 Å². The molecule has 0 radical (unpaired) electrons. The molecule has 0 aliphatic carbocycles. The van der Waals surface area contributed by atoms with Gasteiger partial charge in [-0.3, -0.25) is 19.2 Å². The normalized spacial score (nSPS) is 10.2. The Bertz CT molecular complexity index is 1150. The summed E-state index contributed by atoms with van der Waals surface area (Å²) in [7, 11) is 1.23. The van der Waals surface area contributed by atoms with Crippen molar-refractivity contribution in [2.75, 3.05) is 24.3 Å². The van der Waals surface area contributed by atoms with Crippen LogP contribution >= 0.6 is 0 Å². The van der Waals surface area contributed by atoms with Crippen molar-refractivity contribution in [3.05, 3.63) is 83.3 Å². The smallest absolute Gasteiger partial charge is 0.325 e. The lowest BCUT2D eigenvalue weighted by atomic mass is 10.1. The van der Waals surface area contributed by atoms with Crippen LogP contribution in [0.2, 0.25) is 0 Å². The summed E-state index contributed by atoms with van der Waals surface area (Å²) in [5.74, 6) is -1.75. The van der Waals surface area contributed by atoms with Crippen molar-refractivity contribution in [2.45, 2.75) is 6.92 Å². The summed E-state index contributed by atoms with van der Waals surface area (Å²) in [6.45, 7) is 1.54. The number of hydrogen-bond donors (Lipinski definition) is 3. The topological polar surface area (TPSA) is 127 Å². The van der Waals surface area contributed by atoms with Crippen molar-refractivity contribution < 1.29 is 28.3 Å². The highest BCUT2D eigenvalue weighted by molar-refractivity contribution is 6.07. The minimum atomic E-state index is -0.572. The molecule has 1 aromatic heterocycles. The fourth-order valence-corrected chi connectivity index (χ4v) is 2.76. The summed E-state index contributed by atoms with van der Waals surface area (Å²) in [5, 5.41) is 7.87. The Balaban J connectivity index is 1.70. The zero-order valence-electron chi connectivity index (χ0n) is 17.4. The average molecular weight is 435 g/mol. The number of nitrogens with one attached hydrogen (secondary N) is 3. The molecule has 3 aromatic rings. The first-order valence-electron chi connectivity index (χ1n) is 9.59. The van der Waals surface area contributed by atoms with Gasteiger partial charge in [0.05, 0.1) is 13.4 Å². The number of rotatable bonds is 7. The number of carbonyl (C=O) groups excluding carboxylic acids is 4. The molecule has 0 unspecified atom stereocenters. The van der Waals surface area contributed by atoms with Crippen LogP contribution in [0.25, 0.3) is 0 Å². The zero-order chi connectivity index (χ0) is 23.1. The van der Waals surface area contributed by atoms with E-state index in [0.717, 1.165) is 5.56 Å². The third-order valence-electron chi connectivity index (χ3n) is 4.50. The third-order valence-corrected chi connectivity index (χ3v) is 4.50. The number of aryl methyl sites for hydroxylation is 1. The van der Waals surface area contributed by atoms with Gasteiger partial charge in [-0.25, -0.2) is 0 Å². The van der Waals surface area contributed by atoms with E-state index < -0.39 is 23.7 Å². The molecule has 3 N–H and O–H groups in total. The highest BCUT2D eigenvalue weighted by Crippen LogP contribution is 2.20. The van der Waals surface area contributed by atoms with E-state index in [4.69, 9.17) is 4.42 Å². The van der Waals surface area contributed by atoms with E-state index >= 15 is 0 Å². The SMILES string of the molecule is COC(=O)CNC(=O)c1cccc(NC(=O)c2ccc(C)c(NC(=O)c3ccco3)c2)c1. The van der Waals surface area contributed by atoms with Gasteiger partial charge in [0.1, 0.15) is 6.54 Å². The first kappa shape index (κ1) is 22.3. The number of ether oxygens (including phenoxy) is 1. The van der Waals surface area contributed by atoms with Gasteiger partial charge in [-0.1, -0.05) is 12.1 Å². The van der Waals surface area contributed by atoms with E-state index in [2.05, 4.69) is 20.7 Å². The second kappa shape index (κ2) is 10.1. The van der Waals surface area contributed by atoms with Crippen molar-refractivity contribution in [1.29, 1.82) is 0 Å². The molecular weight excluding hydrogens is 414 g/mol. The van der Waals surface area contributed by atoms with Crippen molar-refractivity contribution in [2.24, 2.45) is 0 Å². The number of methoxy groups -OCH3 is 1. The quantitative estimate of drug-likeness (QED) is 0.490. The monoisotopic (exact) mass is 435 g/mol. The Morgan fingerprint density at radius 1 is 0.875 bits per heavy atom. The molecule has 3 amide bonds. The van der Waals surface area contributed by atoms with E-state index in [-0.39, 0.29) is 17.9 Å². The number of amides is 3. The number of anilines is 2. The number of carbonyl (C=O) groups is 4. The van der Waals surface area contributed by atoms with Gasteiger partial charge in [-0.05, 0) is 55.0 Å². The average Bonchev–Trinajstić information content (AvgIpc) is 3.34. The van der Waals surface area contributed by atoms with Crippen molar-refractivity contribution in [3.63, 3.8) is 0 Å². The van der Waals surface area contributed by atoms with Crippen LogP contribution in [0.3, 0.4) is 0 Å². The maximum Gasteiger partial charge on any atom is 0.325 e. The molecule has 0 spiro atoms. The predicted molar refractivity (Wildman–Crippen MR) is 117 cm³/mol. The first-order valence-corrected chi connectivity index (χ1v) is 9.59. The van der Waals surface area contributed by atoms with Gasteiger partial charge in [0.2, 0.25) is 0 Å². The second-order valence-electron chi connectivity index (χ2n) is 6.75. The first-order chi connectivity index (χ1) is 15.4. The molecule has 0 atom stereocenters. The van der Waals surface area contributed by atoms with Crippen LogP contribution in [0.5, 0.6) is 0 Å². The Hall–Kier alpha value is -4.40. The highest BCUT2D eigenvalue weighted by Gasteiger charge is 2.14. The van der Waals surface area contributed by atoms with Crippen LogP contribution in [0, 0.1) is 6.92 Å². The minimum absolute atomic E-state index is 0.154. The molecule has 0 aliphatic heterocycles. The Morgan fingerprint density at radius 3 is 2.38 bits per heavy atom. The van der Waals surface area contributed by atoms with E-state index in [9.17, 15) is 19.2 Å². The van der Waals surface area contributed by atoms with Gasteiger partial charge in [-0.15, -0.1) is 0 Å². The molecule has 0 fully saturated rings. The lowest BCUT2D eigenvalue weighted by molar-refractivity contribution is -0.139. The van der Waals surface area contributed by atoms with Crippen LogP contribution < -0.4 is 16.0 Å². The maximum absolute atomic E-state index is 12.7. The molecule has 3 rings (SSSR count). The fraction of sp³-hybridized carbons (Fsp3) is 0.130. The Labute approximate surface area is 183 Å². The lowest BCUT2D eigenvalue weighted by Gasteiger charge is -2.11. The van der Waals surface area contributed by atoms with Gasteiger partial charge in [0.15, 0.2) is 5.76 Å². The third kappa shape index (κ3) is 5.60. The lowest BCUT2D eigenvalue weighted by Crippen LogP contribution is -2.30. The molecule has 0 saturated carbocycles. The largest absolute Gasteiger partial charge is 0.468 e. The Kier molecular flexibility index (Phi) is 7.02. The number of furan rings is 1. The summed E-state index contributed by atoms with van der Waals surface area (Å²) in [4.78, 5) is 48.3. The summed E-state index contributed by atoms with van der Waals surface area (Å²) in [5.41, 5.74) is 2.20. The van der Waals surface area contributed by atoms with Gasteiger partial charge in [0, 0.05) is 22.5 Å². The van der Waals surface area contributed by atoms with Gasteiger partial charge < -0.3 is 25.1 Å². The minimum Gasteiger partial charge on any atom is -0.468 e. The van der Waals surface area contributed by atoms with Crippen molar-refractivity contribution >= 4 is 35.1 Å². The standard InChI is InChI=1S/C23H21N3O6/c1-14-8-9-16(12-18(14)26-23(30)19-7-4-10-32-19)22(29)25-17-6-3-5-15(11-17)21(28)24-13-20(27)31-2/h3-12H,13H2,1-2H3,(H,24,28)(H,25,29)(H,26,30). The molecule has 0 saturated heterocycles. The van der Waals surface area contributed by atoms with Gasteiger partial charge in [-0.2, -0.15) is 0 Å². The maximum atomic E-state index is 12.7.